The van der Waals surface area contributed by atoms with Crippen molar-refractivity contribution in [1.82, 2.24) is 5.32 Å². The number of hydrogen-bond acceptors (Lipinski definition) is 3. The van der Waals surface area contributed by atoms with E-state index in [-0.39, 0.29) is 5.60 Å². The number of benzene rings is 1. The van der Waals surface area contributed by atoms with Gasteiger partial charge < -0.3 is 14.8 Å². The molecule has 17 heavy (non-hydrogen) atoms. The molecule has 0 radical (unpaired) electrons. The van der Waals surface area contributed by atoms with E-state index in [9.17, 15) is 0 Å². The molecule has 94 valence electrons. The minimum Gasteiger partial charge on any atom is -0.497 e. The molecular formula is C13H18BrNO2. The topological polar surface area (TPSA) is 30.5 Å². The number of nitrogens with one attached hydrogen (secondary N) is 1. The highest BCUT2D eigenvalue weighted by Crippen LogP contribution is 2.45. The summed E-state index contributed by atoms with van der Waals surface area (Å²) < 4.78 is 12.3. The van der Waals surface area contributed by atoms with Gasteiger partial charge in [0.25, 0.3) is 0 Å². The molecule has 0 saturated heterocycles. The first-order valence-corrected chi connectivity index (χ1v) is 6.50. The molecule has 1 atom stereocenters. The molecule has 0 aliphatic carbocycles. The molecule has 0 bridgehead atoms. The van der Waals surface area contributed by atoms with Crippen LogP contribution >= 0.6 is 15.9 Å². The first-order chi connectivity index (χ1) is 7.96. The van der Waals surface area contributed by atoms with E-state index in [1.807, 2.05) is 19.2 Å². The standard InChI is InChI=1S/C13H18BrNO2/c1-13(2)7-11(15-3)9-5-8(16-4)6-10(14)12(9)17-13/h5-6,11,15H,7H2,1-4H3. The third-order valence-corrected chi connectivity index (χ3v) is 3.67. The van der Waals surface area contributed by atoms with E-state index in [1.165, 1.54) is 0 Å². The Kier molecular flexibility index (Phi) is 3.36. The van der Waals surface area contributed by atoms with Gasteiger partial charge in [-0.05, 0) is 49.0 Å². The molecule has 1 aliphatic rings. The summed E-state index contributed by atoms with van der Waals surface area (Å²) >= 11 is 3.55. The van der Waals surface area contributed by atoms with Crippen LogP contribution in [0.15, 0.2) is 16.6 Å². The van der Waals surface area contributed by atoms with Crippen LogP contribution in [-0.2, 0) is 0 Å². The molecule has 1 aliphatic heterocycles. The van der Waals surface area contributed by atoms with Crippen LogP contribution in [0.1, 0.15) is 31.9 Å². The van der Waals surface area contributed by atoms with Gasteiger partial charge in [0.1, 0.15) is 17.1 Å². The number of methoxy groups -OCH3 is 1. The van der Waals surface area contributed by atoms with Crippen LogP contribution in [0.3, 0.4) is 0 Å². The monoisotopic (exact) mass is 299 g/mol. The summed E-state index contributed by atoms with van der Waals surface area (Å²) in [6.45, 7) is 4.22. The summed E-state index contributed by atoms with van der Waals surface area (Å²) in [6, 6.07) is 4.27. The molecule has 0 saturated carbocycles. The lowest BCUT2D eigenvalue weighted by Gasteiger charge is -2.38. The first kappa shape index (κ1) is 12.7. The molecule has 1 N–H and O–H groups in total. The van der Waals surface area contributed by atoms with Gasteiger partial charge in [-0.1, -0.05) is 0 Å². The van der Waals surface area contributed by atoms with Gasteiger partial charge in [0.15, 0.2) is 0 Å². The minimum absolute atomic E-state index is 0.155. The van der Waals surface area contributed by atoms with Gasteiger partial charge in [-0.15, -0.1) is 0 Å². The zero-order chi connectivity index (χ0) is 12.6. The first-order valence-electron chi connectivity index (χ1n) is 5.70. The summed E-state index contributed by atoms with van der Waals surface area (Å²) in [5.41, 5.74) is 0.996. The zero-order valence-electron chi connectivity index (χ0n) is 10.6. The molecule has 4 heteroatoms. The molecule has 1 heterocycles. The van der Waals surface area contributed by atoms with Gasteiger partial charge in [0.05, 0.1) is 11.6 Å². The number of halogens is 1. The summed E-state index contributed by atoms with van der Waals surface area (Å²) in [7, 11) is 3.65. The second kappa shape index (κ2) is 4.50. The predicted molar refractivity (Wildman–Crippen MR) is 71.8 cm³/mol. The molecule has 0 fully saturated rings. The van der Waals surface area contributed by atoms with E-state index in [0.29, 0.717) is 6.04 Å². The smallest absolute Gasteiger partial charge is 0.139 e. The van der Waals surface area contributed by atoms with Crippen LogP contribution in [-0.4, -0.2) is 19.8 Å². The number of ether oxygens (including phenoxy) is 2. The molecular weight excluding hydrogens is 282 g/mol. The highest BCUT2D eigenvalue weighted by molar-refractivity contribution is 9.10. The van der Waals surface area contributed by atoms with Crippen LogP contribution in [0.25, 0.3) is 0 Å². The molecule has 2 rings (SSSR count). The summed E-state index contributed by atoms with van der Waals surface area (Å²) in [5, 5.41) is 3.34. The van der Waals surface area contributed by atoms with Crippen LogP contribution in [0, 0.1) is 0 Å². The second-order valence-electron chi connectivity index (χ2n) is 4.93. The quantitative estimate of drug-likeness (QED) is 0.909. The van der Waals surface area contributed by atoms with Gasteiger partial charge in [-0.3, -0.25) is 0 Å². The fourth-order valence-corrected chi connectivity index (χ4v) is 2.79. The van der Waals surface area contributed by atoms with Crippen molar-refractivity contribution >= 4 is 15.9 Å². The number of hydrogen-bond donors (Lipinski definition) is 1. The van der Waals surface area contributed by atoms with Gasteiger partial charge in [0.2, 0.25) is 0 Å². The van der Waals surface area contributed by atoms with Crippen molar-refractivity contribution in [2.45, 2.75) is 31.9 Å². The van der Waals surface area contributed by atoms with E-state index in [1.54, 1.807) is 7.11 Å². The van der Waals surface area contributed by atoms with E-state index < -0.39 is 0 Å². The summed E-state index contributed by atoms with van der Waals surface area (Å²) in [6.07, 6.45) is 0.941. The Morgan fingerprint density at radius 1 is 1.47 bits per heavy atom. The molecule has 3 nitrogen and oxygen atoms in total. The van der Waals surface area contributed by atoms with Crippen molar-refractivity contribution in [3.63, 3.8) is 0 Å². The van der Waals surface area contributed by atoms with Crippen molar-refractivity contribution in [2.24, 2.45) is 0 Å². The Hall–Kier alpha value is -0.740. The van der Waals surface area contributed by atoms with Crippen LogP contribution < -0.4 is 14.8 Å². The lowest BCUT2D eigenvalue weighted by molar-refractivity contribution is 0.0663. The van der Waals surface area contributed by atoms with E-state index >= 15 is 0 Å². The maximum Gasteiger partial charge on any atom is 0.139 e. The molecule has 0 spiro atoms. The minimum atomic E-state index is -0.155. The highest BCUT2D eigenvalue weighted by Gasteiger charge is 2.34. The molecule has 0 aromatic heterocycles. The van der Waals surface area contributed by atoms with Crippen molar-refractivity contribution in [2.75, 3.05) is 14.2 Å². The average Bonchev–Trinajstić information content (AvgIpc) is 2.28. The molecule has 1 aromatic rings. The zero-order valence-corrected chi connectivity index (χ0v) is 12.2. The maximum absolute atomic E-state index is 6.04. The average molecular weight is 300 g/mol. The van der Waals surface area contributed by atoms with Crippen molar-refractivity contribution in [3.8, 4) is 11.5 Å². The van der Waals surface area contributed by atoms with E-state index in [4.69, 9.17) is 9.47 Å². The lowest BCUT2D eigenvalue weighted by atomic mass is 9.90. The van der Waals surface area contributed by atoms with Crippen LogP contribution in [0.5, 0.6) is 11.5 Å². The van der Waals surface area contributed by atoms with Crippen LogP contribution in [0.2, 0.25) is 0 Å². The Balaban J connectivity index is 2.52. The fourth-order valence-electron chi connectivity index (χ4n) is 2.25. The lowest BCUT2D eigenvalue weighted by Crippen LogP contribution is -2.38. The van der Waals surface area contributed by atoms with Gasteiger partial charge >= 0.3 is 0 Å². The molecule has 0 amide bonds. The number of rotatable bonds is 2. The predicted octanol–water partition coefficient (Wildman–Crippen LogP) is 3.28. The Bertz CT molecular complexity index is 432. The second-order valence-corrected chi connectivity index (χ2v) is 5.79. The van der Waals surface area contributed by atoms with Crippen LogP contribution in [0.4, 0.5) is 0 Å². The molecule has 1 unspecified atom stereocenters. The van der Waals surface area contributed by atoms with E-state index in [2.05, 4.69) is 35.1 Å². The largest absolute Gasteiger partial charge is 0.497 e. The Labute approximate surface area is 111 Å². The highest BCUT2D eigenvalue weighted by atomic mass is 79.9. The summed E-state index contributed by atoms with van der Waals surface area (Å²) in [4.78, 5) is 0. The van der Waals surface area contributed by atoms with Gasteiger partial charge in [0, 0.05) is 18.0 Å². The summed E-state index contributed by atoms with van der Waals surface area (Å²) in [5.74, 6) is 1.76. The Morgan fingerprint density at radius 3 is 2.76 bits per heavy atom. The van der Waals surface area contributed by atoms with Crippen molar-refractivity contribution in [1.29, 1.82) is 0 Å². The van der Waals surface area contributed by atoms with Gasteiger partial charge in [-0.2, -0.15) is 0 Å². The maximum atomic E-state index is 6.04. The normalized spacial score (nSPS) is 21.6. The third-order valence-electron chi connectivity index (χ3n) is 3.08. The van der Waals surface area contributed by atoms with E-state index in [0.717, 1.165) is 28.0 Å². The number of fused-ring (bicyclic) bond motifs is 1. The van der Waals surface area contributed by atoms with Crippen molar-refractivity contribution < 1.29 is 9.47 Å². The van der Waals surface area contributed by atoms with Gasteiger partial charge in [-0.25, -0.2) is 0 Å². The fraction of sp³-hybridized carbons (Fsp3) is 0.538. The Morgan fingerprint density at radius 2 is 2.18 bits per heavy atom. The third kappa shape index (κ3) is 2.43. The SMILES string of the molecule is CNC1CC(C)(C)Oc2c(Br)cc(OC)cc21. The van der Waals surface area contributed by atoms with Crippen molar-refractivity contribution in [3.05, 3.63) is 22.2 Å². The molecule has 1 aromatic carbocycles.